The summed E-state index contributed by atoms with van der Waals surface area (Å²) < 4.78 is 0. The fraction of sp³-hybridized carbons (Fsp3) is 0.933. The summed E-state index contributed by atoms with van der Waals surface area (Å²) in [6.45, 7) is 3.53. The molecule has 2 atom stereocenters. The molecule has 104 valence electrons. The number of piperidine rings is 1. The smallest absolute Gasteiger partial charge is 0.222 e. The molecule has 0 spiro atoms. The van der Waals surface area contributed by atoms with E-state index >= 15 is 0 Å². The summed E-state index contributed by atoms with van der Waals surface area (Å²) >= 11 is 0. The minimum absolute atomic E-state index is 0.216. The van der Waals surface area contributed by atoms with Gasteiger partial charge in [-0.05, 0) is 31.1 Å². The van der Waals surface area contributed by atoms with Gasteiger partial charge in [0.25, 0.3) is 0 Å². The summed E-state index contributed by atoms with van der Waals surface area (Å²) in [5.74, 6) is 1.17. The third-order valence-electron chi connectivity index (χ3n) is 4.65. The summed E-state index contributed by atoms with van der Waals surface area (Å²) in [4.78, 5) is 14.2. The van der Waals surface area contributed by atoms with E-state index in [2.05, 4.69) is 0 Å². The maximum absolute atomic E-state index is 12.3. The molecule has 1 aliphatic heterocycles. The zero-order valence-corrected chi connectivity index (χ0v) is 11.6. The zero-order valence-electron chi connectivity index (χ0n) is 11.6. The van der Waals surface area contributed by atoms with Crippen LogP contribution in [0.5, 0.6) is 0 Å². The minimum Gasteiger partial charge on any atom is -0.393 e. The van der Waals surface area contributed by atoms with E-state index in [1.165, 1.54) is 38.5 Å². The fourth-order valence-corrected chi connectivity index (χ4v) is 3.30. The van der Waals surface area contributed by atoms with E-state index in [4.69, 9.17) is 0 Å². The molecule has 1 amide bonds. The number of rotatable bonds is 2. The Labute approximate surface area is 111 Å². The largest absolute Gasteiger partial charge is 0.393 e. The van der Waals surface area contributed by atoms with Gasteiger partial charge in [-0.1, -0.05) is 32.6 Å². The first-order chi connectivity index (χ1) is 8.66. The van der Waals surface area contributed by atoms with E-state index in [-0.39, 0.29) is 12.0 Å². The Hall–Kier alpha value is -0.570. The summed E-state index contributed by atoms with van der Waals surface area (Å²) in [6, 6.07) is 0. The SMILES string of the molecule is CC1CN(C(=O)CC2CCCCCC2)CCC1O. The number of aliphatic hydroxyl groups excluding tert-OH is 1. The molecule has 2 rings (SSSR count). The van der Waals surface area contributed by atoms with E-state index in [9.17, 15) is 9.90 Å². The van der Waals surface area contributed by atoms with Crippen molar-refractivity contribution in [3.8, 4) is 0 Å². The lowest BCUT2D eigenvalue weighted by Gasteiger charge is -2.35. The molecule has 0 aromatic rings. The molecule has 1 heterocycles. The van der Waals surface area contributed by atoms with Gasteiger partial charge in [0.15, 0.2) is 0 Å². The Morgan fingerprint density at radius 2 is 1.83 bits per heavy atom. The topological polar surface area (TPSA) is 40.5 Å². The van der Waals surface area contributed by atoms with Gasteiger partial charge < -0.3 is 10.0 Å². The van der Waals surface area contributed by atoms with E-state index in [0.717, 1.165) is 25.9 Å². The highest BCUT2D eigenvalue weighted by Crippen LogP contribution is 2.27. The lowest BCUT2D eigenvalue weighted by molar-refractivity contribution is -0.135. The normalized spacial score (nSPS) is 31.1. The van der Waals surface area contributed by atoms with Gasteiger partial charge in [0.2, 0.25) is 5.91 Å². The average Bonchev–Trinajstić information content (AvgIpc) is 2.61. The summed E-state index contributed by atoms with van der Waals surface area (Å²) in [5.41, 5.74) is 0. The molecule has 0 bridgehead atoms. The molecule has 0 aromatic heterocycles. The number of amides is 1. The summed E-state index contributed by atoms with van der Waals surface area (Å²) in [7, 11) is 0. The lowest BCUT2D eigenvalue weighted by atomic mass is 9.93. The first-order valence-corrected chi connectivity index (χ1v) is 7.62. The first-order valence-electron chi connectivity index (χ1n) is 7.62. The number of likely N-dealkylation sites (tertiary alicyclic amines) is 1. The number of carbonyl (C=O) groups is 1. The first kappa shape index (κ1) is 13.9. The van der Waals surface area contributed by atoms with E-state index in [1.54, 1.807) is 0 Å². The van der Waals surface area contributed by atoms with Gasteiger partial charge in [-0.2, -0.15) is 0 Å². The summed E-state index contributed by atoms with van der Waals surface area (Å²) in [5, 5.41) is 9.70. The number of hydrogen-bond acceptors (Lipinski definition) is 2. The third-order valence-corrected chi connectivity index (χ3v) is 4.65. The molecular weight excluding hydrogens is 226 g/mol. The highest BCUT2D eigenvalue weighted by atomic mass is 16.3. The second kappa shape index (κ2) is 6.55. The van der Waals surface area contributed by atoms with Crippen molar-refractivity contribution >= 4 is 5.91 Å². The molecule has 18 heavy (non-hydrogen) atoms. The lowest BCUT2D eigenvalue weighted by Crippen LogP contribution is -2.45. The van der Waals surface area contributed by atoms with Gasteiger partial charge in [-0.25, -0.2) is 0 Å². The van der Waals surface area contributed by atoms with Gasteiger partial charge >= 0.3 is 0 Å². The quantitative estimate of drug-likeness (QED) is 0.768. The van der Waals surface area contributed by atoms with Crippen molar-refractivity contribution in [1.82, 2.24) is 4.90 Å². The van der Waals surface area contributed by atoms with Crippen molar-refractivity contribution in [3.63, 3.8) is 0 Å². The fourth-order valence-electron chi connectivity index (χ4n) is 3.30. The monoisotopic (exact) mass is 253 g/mol. The number of aliphatic hydroxyl groups is 1. The van der Waals surface area contributed by atoms with Crippen LogP contribution in [0.4, 0.5) is 0 Å². The van der Waals surface area contributed by atoms with Crippen LogP contribution in [-0.4, -0.2) is 35.1 Å². The Kier molecular flexibility index (Phi) is 5.04. The Bertz CT molecular complexity index is 272. The molecule has 0 radical (unpaired) electrons. The third kappa shape index (κ3) is 3.71. The minimum atomic E-state index is -0.216. The van der Waals surface area contributed by atoms with Crippen LogP contribution in [-0.2, 0) is 4.79 Å². The van der Waals surface area contributed by atoms with E-state index in [0.29, 0.717) is 11.8 Å². The van der Waals surface area contributed by atoms with Crippen LogP contribution in [0, 0.1) is 11.8 Å². The molecule has 2 fully saturated rings. The second-order valence-electron chi connectivity index (χ2n) is 6.23. The van der Waals surface area contributed by atoms with Crippen LogP contribution >= 0.6 is 0 Å². The van der Waals surface area contributed by atoms with Crippen molar-refractivity contribution in [2.45, 2.75) is 64.4 Å². The Morgan fingerprint density at radius 3 is 2.44 bits per heavy atom. The van der Waals surface area contributed by atoms with Crippen LogP contribution in [0.25, 0.3) is 0 Å². The predicted octanol–water partition coefficient (Wildman–Crippen LogP) is 2.58. The number of hydrogen-bond donors (Lipinski definition) is 1. The van der Waals surface area contributed by atoms with Gasteiger partial charge in [0, 0.05) is 19.5 Å². The van der Waals surface area contributed by atoms with Crippen LogP contribution in [0.1, 0.15) is 58.3 Å². The van der Waals surface area contributed by atoms with Crippen molar-refractivity contribution < 1.29 is 9.90 Å². The van der Waals surface area contributed by atoms with Gasteiger partial charge in [-0.3, -0.25) is 4.79 Å². The Balaban J connectivity index is 1.80. The Morgan fingerprint density at radius 1 is 1.17 bits per heavy atom. The molecule has 0 aromatic carbocycles. The highest BCUT2D eigenvalue weighted by molar-refractivity contribution is 5.76. The maximum Gasteiger partial charge on any atom is 0.222 e. The maximum atomic E-state index is 12.3. The molecule has 1 aliphatic carbocycles. The molecule has 2 aliphatic rings. The molecule has 3 heteroatoms. The molecule has 1 saturated heterocycles. The molecule has 1 N–H and O–H groups in total. The van der Waals surface area contributed by atoms with Crippen molar-refractivity contribution in [2.75, 3.05) is 13.1 Å². The van der Waals surface area contributed by atoms with Crippen molar-refractivity contribution in [2.24, 2.45) is 11.8 Å². The van der Waals surface area contributed by atoms with Crippen LogP contribution in [0.2, 0.25) is 0 Å². The number of carbonyl (C=O) groups excluding carboxylic acids is 1. The predicted molar refractivity (Wildman–Crippen MR) is 72.2 cm³/mol. The van der Waals surface area contributed by atoms with Crippen molar-refractivity contribution in [1.29, 1.82) is 0 Å². The van der Waals surface area contributed by atoms with Crippen LogP contribution in [0.15, 0.2) is 0 Å². The van der Waals surface area contributed by atoms with Gasteiger partial charge in [0.1, 0.15) is 0 Å². The second-order valence-corrected chi connectivity index (χ2v) is 6.23. The molecular formula is C15H27NO2. The molecule has 1 saturated carbocycles. The summed E-state index contributed by atoms with van der Waals surface area (Å²) in [6.07, 6.45) is 9.03. The van der Waals surface area contributed by atoms with E-state index in [1.807, 2.05) is 11.8 Å². The van der Waals surface area contributed by atoms with Gasteiger partial charge in [0.05, 0.1) is 6.10 Å². The zero-order chi connectivity index (χ0) is 13.0. The molecule has 3 nitrogen and oxygen atoms in total. The molecule has 2 unspecified atom stereocenters. The highest BCUT2D eigenvalue weighted by Gasteiger charge is 2.28. The van der Waals surface area contributed by atoms with Crippen LogP contribution < -0.4 is 0 Å². The average molecular weight is 253 g/mol. The van der Waals surface area contributed by atoms with Crippen LogP contribution in [0.3, 0.4) is 0 Å². The van der Waals surface area contributed by atoms with Gasteiger partial charge in [-0.15, -0.1) is 0 Å². The van der Waals surface area contributed by atoms with Crippen molar-refractivity contribution in [3.05, 3.63) is 0 Å². The van der Waals surface area contributed by atoms with E-state index < -0.39 is 0 Å². The standard InChI is InChI=1S/C15H27NO2/c1-12-11-16(9-8-14(12)17)15(18)10-13-6-4-2-3-5-7-13/h12-14,17H,2-11H2,1H3. The number of nitrogens with zero attached hydrogens (tertiary/aromatic N) is 1.